The van der Waals surface area contributed by atoms with E-state index in [9.17, 15) is 19.2 Å². The standard InChI is InChI=1S/C12H13O8.Pd/c1-17-9(13)5-7(11(15)19-3)8(12(16)20-4)6-10(14)18-2;/h5H,1-4H3;/q-1;/b8-7-;. The van der Waals surface area contributed by atoms with Crippen LogP contribution in [0.3, 0.4) is 0 Å². The molecule has 120 valence electrons. The summed E-state index contributed by atoms with van der Waals surface area (Å²) in [6.45, 7) is 0. The Morgan fingerprint density at radius 2 is 1.24 bits per heavy atom. The molecule has 0 aliphatic heterocycles. The Bertz CT molecular complexity index is 505. The summed E-state index contributed by atoms with van der Waals surface area (Å²) in [5, 5.41) is 0. The van der Waals surface area contributed by atoms with Gasteiger partial charge in [0.1, 0.15) is 0 Å². The molecule has 0 unspecified atom stereocenters. The summed E-state index contributed by atoms with van der Waals surface area (Å²) in [6, 6.07) is 0. The van der Waals surface area contributed by atoms with Crippen molar-refractivity contribution in [2.75, 3.05) is 28.4 Å². The fourth-order valence-electron chi connectivity index (χ4n) is 1.11. The van der Waals surface area contributed by atoms with Crippen LogP contribution in [0.1, 0.15) is 0 Å². The van der Waals surface area contributed by atoms with E-state index in [1.165, 1.54) is 0 Å². The second kappa shape index (κ2) is 9.05. The number of hydrogen-bond acceptors (Lipinski definition) is 8. The molecule has 21 heavy (non-hydrogen) atoms. The van der Waals surface area contributed by atoms with Crippen molar-refractivity contribution in [1.29, 1.82) is 0 Å². The molecule has 0 radical (unpaired) electrons. The molecule has 0 amide bonds. The minimum atomic E-state index is -1.04. The van der Waals surface area contributed by atoms with Gasteiger partial charge >= 0.3 is 131 Å². The van der Waals surface area contributed by atoms with E-state index in [0.717, 1.165) is 28.4 Å². The molecule has 0 N–H and O–H groups in total. The predicted octanol–water partition coefficient (Wildman–Crippen LogP) is -1.10. The van der Waals surface area contributed by atoms with Gasteiger partial charge in [-0.25, -0.2) is 0 Å². The molecule has 0 saturated heterocycles. The zero-order valence-corrected chi connectivity index (χ0v) is 13.2. The van der Waals surface area contributed by atoms with Crippen molar-refractivity contribution in [2.24, 2.45) is 0 Å². The quantitative estimate of drug-likeness (QED) is 0.185. The fourth-order valence-corrected chi connectivity index (χ4v) is 1.64. The van der Waals surface area contributed by atoms with Crippen LogP contribution in [0.4, 0.5) is 0 Å². The van der Waals surface area contributed by atoms with Crippen molar-refractivity contribution >= 4 is 27.9 Å². The van der Waals surface area contributed by atoms with Crippen molar-refractivity contribution in [3.8, 4) is 0 Å². The molecule has 0 rings (SSSR count). The second-order valence-electron chi connectivity index (χ2n) is 3.21. The summed E-state index contributed by atoms with van der Waals surface area (Å²) >= 11 is 2.51. The van der Waals surface area contributed by atoms with Gasteiger partial charge in [0, 0.05) is 0 Å². The molecular formula is C12H13O8Pd-. The summed E-state index contributed by atoms with van der Waals surface area (Å²) in [6.07, 6.45) is 0.703. The summed E-state index contributed by atoms with van der Waals surface area (Å²) in [4.78, 5) is 46.4. The maximum atomic E-state index is 11.8. The van der Waals surface area contributed by atoms with E-state index in [0.29, 0.717) is 6.42 Å². The van der Waals surface area contributed by atoms with Gasteiger partial charge in [-0.15, -0.1) is 0 Å². The van der Waals surface area contributed by atoms with Crippen LogP contribution in [0.2, 0.25) is 0 Å². The SMILES string of the molecule is COC(=O)[CH-]/C(C(=O)OC)=C(/C(=O)OC)[C](=[Pd])C(=O)OC. The number of carbonyl (C=O) groups is 4. The van der Waals surface area contributed by atoms with E-state index in [4.69, 9.17) is 0 Å². The molecule has 9 heteroatoms. The predicted molar refractivity (Wildman–Crippen MR) is 64.4 cm³/mol. The number of carbonyl (C=O) groups excluding carboxylic acids is 4. The molecule has 0 heterocycles. The van der Waals surface area contributed by atoms with Gasteiger partial charge in [-0.2, -0.15) is 0 Å². The van der Waals surface area contributed by atoms with Crippen molar-refractivity contribution in [3.63, 3.8) is 0 Å². The first-order chi connectivity index (χ1) is 9.83. The first-order valence-electron chi connectivity index (χ1n) is 5.25. The third-order valence-corrected chi connectivity index (χ3v) is 2.79. The third-order valence-electron chi connectivity index (χ3n) is 2.08. The zero-order chi connectivity index (χ0) is 16.6. The van der Waals surface area contributed by atoms with Gasteiger partial charge in [-0.05, 0) is 0 Å². The van der Waals surface area contributed by atoms with Crippen molar-refractivity contribution in [3.05, 3.63) is 17.6 Å². The number of esters is 4. The Morgan fingerprint density at radius 3 is 1.62 bits per heavy atom. The van der Waals surface area contributed by atoms with Crippen LogP contribution in [0, 0.1) is 6.42 Å². The van der Waals surface area contributed by atoms with Gasteiger partial charge in [0.15, 0.2) is 0 Å². The van der Waals surface area contributed by atoms with Gasteiger partial charge in [0.25, 0.3) is 0 Å². The van der Waals surface area contributed by atoms with Crippen LogP contribution >= 0.6 is 0 Å². The average molecular weight is 392 g/mol. The van der Waals surface area contributed by atoms with E-state index in [1.807, 2.05) is 0 Å². The number of ether oxygens (including phenoxy) is 4. The van der Waals surface area contributed by atoms with Crippen LogP contribution in [0.5, 0.6) is 0 Å². The van der Waals surface area contributed by atoms with E-state index < -0.39 is 35.0 Å². The number of rotatable bonds is 6. The van der Waals surface area contributed by atoms with Crippen LogP contribution in [0.15, 0.2) is 11.1 Å². The van der Waals surface area contributed by atoms with Crippen LogP contribution in [-0.2, 0) is 56.9 Å². The molecule has 0 saturated carbocycles. The van der Waals surface area contributed by atoms with Crippen LogP contribution in [-0.4, -0.2) is 56.3 Å². The van der Waals surface area contributed by atoms with E-state index in [1.54, 1.807) is 0 Å². The molecule has 0 aliphatic rings. The van der Waals surface area contributed by atoms with E-state index in [-0.39, 0.29) is 3.98 Å². The molecule has 0 aliphatic carbocycles. The fraction of sp³-hybridized carbons (Fsp3) is 0.333. The van der Waals surface area contributed by atoms with Crippen LogP contribution < -0.4 is 0 Å². The van der Waals surface area contributed by atoms with Gasteiger partial charge in [0.05, 0.1) is 0 Å². The Labute approximate surface area is 131 Å². The van der Waals surface area contributed by atoms with Crippen molar-refractivity contribution in [1.82, 2.24) is 0 Å². The van der Waals surface area contributed by atoms with Crippen LogP contribution in [0.25, 0.3) is 0 Å². The maximum absolute atomic E-state index is 11.8. The number of hydrogen-bond donors (Lipinski definition) is 0. The van der Waals surface area contributed by atoms with Crippen molar-refractivity contribution in [2.45, 2.75) is 0 Å². The van der Waals surface area contributed by atoms with E-state index >= 15 is 0 Å². The van der Waals surface area contributed by atoms with Gasteiger partial charge in [0.2, 0.25) is 0 Å². The average Bonchev–Trinajstić information content (AvgIpc) is 2.51. The molecule has 8 nitrogen and oxygen atoms in total. The van der Waals surface area contributed by atoms with Crippen molar-refractivity contribution < 1.29 is 56.9 Å². The first kappa shape index (κ1) is 19.0. The topological polar surface area (TPSA) is 105 Å². The molecule has 0 aromatic carbocycles. The molecule has 0 bridgehead atoms. The summed E-state index contributed by atoms with van der Waals surface area (Å²) in [7, 11) is 4.23. The van der Waals surface area contributed by atoms with Gasteiger partial charge < -0.3 is 0 Å². The Kier molecular flexibility index (Phi) is 8.20. The van der Waals surface area contributed by atoms with Gasteiger partial charge in [-0.1, -0.05) is 0 Å². The molecular weight excluding hydrogens is 379 g/mol. The summed E-state index contributed by atoms with van der Waals surface area (Å²) in [5.74, 6) is -3.93. The number of methoxy groups -OCH3 is 4. The normalized spacial score (nSPS) is 10.8. The molecule has 0 atom stereocenters. The molecule has 0 fully saturated rings. The summed E-state index contributed by atoms with van der Waals surface area (Å²) in [5.41, 5.74) is -1.02. The third kappa shape index (κ3) is 5.13. The molecule has 0 aromatic heterocycles. The van der Waals surface area contributed by atoms with E-state index in [2.05, 4.69) is 37.7 Å². The second-order valence-corrected chi connectivity index (χ2v) is 3.99. The Hall–Kier alpha value is -1.98. The zero-order valence-electron chi connectivity index (χ0n) is 11.7. The molecule has 0 aromatic rings. The Morgan fingerprint density at radius 1 is 0.762 bits per heavy atom. The Balaban J connectivity index is 6.08. The monoisotopic (exact) mass is 391 g/mol. The summed E-state index contributed by atoms with van der Waals surface area (Å²) < 4.78 is 17.4. The molecule has 0 spiro atoms. The van der Waals surface area contributed by atoms with Gasteiger partial charge in [-0.3, -0.25) is 0 Å². The minimum absolute atomic E-state index is 0.368. The first-order valence-corrected chi connectivity index (χ1v) is 6.03.